The van der Waals surface area contributed by atoms with E-state index >= 15 is 0 Å². The van der Waals surface area contributed by atoms with Gasteiger partial charge >= 0.3 is 0 Å². The molecule has 5 nitrogen and oxygen atoms in total. The van der Waals surface area contributed by atoms with Gasteiger partial charge in [-0.1, -0.05) is 34.1 Å². The lowest BCUT2D eigenvalue weighted by molar-refractivity contribution is -0.139. The van der Waals surface area contributed by atoms with Crippen LogP contribution in [0.1, 0.15) is 71.1 Å². The summed E-state index contributed by atoms with van der Waals surface area (Å²) in [5, 5.41) is 3.01. The molecule has 1 aliphatic carbocycles. The summed E-state index contributed by atoms with van der Waals surface area (Å²) in [5.74, 6) is 2.76. The third-order valence-corrected chi connectivity index (χ3v) is 6.58. The van der Waals surface area contributed by atoms with Crippen molar-refractivity contribution < 1.29 is 14.0 Å². The van der Waals surface area contributed by atoms with Crippen LogP contribution in [0.25, 0.3) is 11.3 Å². The zero-order valence-electron chi connectivity index (χ0n) is 19.9. The predicted octanol–water partition coefficient (Wildman–Crippen LogP) is 6.03. The number of carbonyl (C=O) groups excluding carboxylic acids is 2. The van der Waals surface area contributed by atoms with Crippen molar-refractivity contribution in [2.24, 2.45) is 17.3 Å². The fourth-order valence-electron chi connectivity index (χ4n) is 4.94. The quantitative estimate of drug-likeness (QED) is 0.601. The summed E-state index contributed by atoms with van der Waals surface area (Å²) in [6.45, 7) is 10.1. The zero-order valence-corrected chi connectivity index (χ0v) is 19.9. The molecule has 1 unspecified atom stereocenters. The second-order valence-electron chi connectivity index (χ2n) is 10.9. The van der Waals surface area contributed by atoms with Crippen LogP contribution in [0.4, 0.5) is 5.69 Å². The van der Waals surface area contributed by atoms with E-state index in [0.717, 1.165) is 60.6 Å². The van der Waals surface area contributed by atoms with E-state index < -0.39 is 0 Å². The Morgan fingerprint density at radius 3 is 2.53 bits per heavy atom. The van der Waals surface area contributed by atoms with Crippen LogP contribution in [0.3, 0.4) is 0 Å². The molecule has 1 saturated carbocycles. The van der Waals surface area contributed by atoms with Crippen LogP contribution < -0.4 is 5.32 Å². The van der Waals surface area contributed by atoms with Gasteiger partial charge in [-0.25, -0.2) is 0 Å². The fraction of sp³-hybridized carbons (Fsp3) is 0.556. The zero-order chi connectivity index (χ0) is 22.9. The van der Waals surface area contributed by atoms with Crippen molar-refractivity contribution in [1.82, 2.24) is 4.90 Å². The van der Waals surface area contributed by atoms with Gasteiger partial charge in [-0.05, 0) is 60.9 Å². The lowest BCUT2D eigenvalue weighted by Gasteiger charge is -2.33. The highest BCUT2D eigenvalue weighted by Crippen LogP contribution is 2.33. The first kappa shape index (κ1) is 22.6. The van der Waals surface area contributed by atoms with E-state index in [9.17, 15) is 9.59 Å². The number of anilines is 1. The third kappa shape index (κ3) is 5.43. The van der Waals surface area contributed by atoms with Gasteiger partial charge in [-0.2, -0.15) is 0 Å². The number of rotatable bonds is 6. The molecule has 1 aromatic carbocycles. The number of hydrogen-bond acceptors (Lipinski definition) is 3. The topological polar surface area (TPSA) is 62.6 Å². The van der Waals surface area contributed by atoms with Crippen LogP contribution >= 0.6 is 0 Å². The number of fused-ring (bicyclic) bond motifs is 1. The van der Waals surface area contributed by atoms with Crippen molar-refractivity contribution in [3.05, 3.63) is 41.7 Å². The van der Waals surface area contributed by atoms with Crippen molar-refractivity contribution >= 4 is 17.5 Å². The molecule has 172 valence electrons. The Morgan fingerprint density at radius 2 is 1.91 bits per heavy atom. The molecule has 1 aliphatic heterocycles. The predicted molar refractivity (Wildman–Crippen MR) is 127 cm³/mol. The normalized spacial score (nSPS) is 17.4. The Hall–Kier alpha value is -2.56. The number of carbonyl (C=O) groups is 2. The minimum absolute atomic E-state index is 0.0548. The van der Waals surface area contributed by atoms with Crippen molar-refractivity contribution in [2.45, 2.75) is 72.8 Å². The van der Waals surface area contributed by atoms with E-state index in [2.05, 4.69) is 39.1 Å². The Bertz CT molecular complexity index is 964. The number of amides is 2. The summed E-state index contributed by atoms with van der Waals surface area (Å²) >= 11 is 0. The molecule has 0 radical (unpaired) electrons. The van der Waals surface area contributed by atoms with Gasteiger partial charge in [0.2, 0.25) is 11.8 Å². The van der Waals surface area contributed by atoms with Crippen molar-refractivity contribution in [3.63, 3.8) is 0 Å². The summed E-state index contributed by atoms with van der Waals surface area (Å²) in [5.41, 5.74) is 3.13. The van der Waals surface area contributed by atoms with Crippen molar-refractivity contribution in [2.75, 3.05) is 11.9 Å². The Balaban J connectivity index is 1.35. The van der Waals surface area contributed by atoms with E-state index in [1.54, 1.807) is 0 Å². The number of hydrogen-bond donors (Lipinski definition) is 1. The fourth-order valence-corrected chi connectivity index (χ4v) is 4.94. The SMILES string of the molecule is CC(CC(=O)Nc1ccc(-c2cc3c(o2)CCN(C(=O)C2CCC2)C3)cc1)CC(C)(C)C. The van der Waals surface area contributed by atoms with Crippen molar-refractivity contribution in [1.29, 1.82) is 0 Å². The molecule has 1 atom stereocenters. The Kier molecular flexibility index (Phi) is 6.45. The highest BCUT2D eigenvalue weighted by atomic mass is 16.3. The molecule has 4 rings (SSSR count). The van der Waals surface area contributed by atoms with Gasteiger partial charge < -0.3 is 14.6 Å². The molecule has 5 heteroatoms. The summed E-state index contributed by atoms with van der Waals surface area (Å²) in [6.07, 6.45) is 5.58. The van der Waals surface area contributed by atoms with E-state index in [1.807, 2.05) is 29.2 Å². The molecule has 2 amide bonds. The molecular formula is C27H36N2O3. The third-order valence-electron chi connectivity index (χ3n) is 6.58. The summed E-state index contributed by atoms with van der Waals surface area (Å²) in [6, 6.07) is 9.88. The Labute approximate surface area is 191 Å². The van der Waals surface area contributed by atoms with Crippen LogP contribution in [-0.2, 0) is 22.6 Å². The second-order valence-corrected chi connectivity index (χ2v) is 10.9. The molecule has 1 fully saturated rings. The lowest BCUT2D eigenvalue weighted by atomic mass is 9.84. The van der Waals surface area contributed by atoms with Crippen LogP contribution in [0.5, 0.6) is 0 Å². The van der Waals surface area contributed by atoms with Gasteiger partial charge in [-0.15, -0.1) is 0 Å². The van der Waals surface area contributed by atoms with Crippen LogP contribution in [0.2, 0.25) is 0 Å². The van der Waals surface area contributed by atoms with Gasteiger partial charge in [-0.3, -0.25) is 9.59 Å². The van der Waals surface area contributed by atoms with Crippen LogP contribution in [-0.4, -0.2) is 23.3 Å². The number of nitrogens with one attached hydrogen (secondary N) is 1. The highest BCUT2D eigenvalue weighted by Gasteiger charge is 2.32. The maximum absolute atomic E-state index is 12.6. The van der Waals surface area contributed by atoms with E-state index in [1.165, 1.54) is 6.42 Å². The molecular weight excluding hydrogens is 400 g/mol. The first-order valence-corrected chi connectivity index (χ1v) is 12.0. The van der Waals surface area contributed by atoms with E-state index in [0.29, 0.717) is 24.8 Å². The summed E-state index contributed by atoms with van der Waals surface area (Å²) in [4.78, 5) is 27.0. The molecule has 1 N–H and O–H groups in total. The first-order chi connectivity index (χ1) is 15.2. The second kappa shape index (κ2) is 9.13. The molecule has 0 spiro atoms. The number of nitrogens with zero attached hydrogens (tertiary/aromatic N) is 1. The average molecular weight is 437 g/mol. The number of furan rings is 1. The summed E-state index contributed by atoms with van der Waals surface area (Å²) in [7, 11) is 0. The molecule has 0 bridgehead atoms. The maximum Gasteiger partial charge on any atom is 0.225 e. The molecule has 0 saturated heterocycles. The van der Waals surface area contributed by atoms with Gasteiger partial charge in [0.05, 0.1) is 0 Å². The monoisotopic (exact) mass is 436 g/mol. The minimum atomic E-state index is 0.0548. The van der Waals surface area contributed by atoms with Gasteiger partial charge in [0.15, 0.2) is 0 Å². The van der Waals surface area contributed by atoms with E-state index in [4.69, 9.17) is 4.42 Å². The lowest BCUT2D eigenvalue weighted by Crippen LogP contribution is -2.41. The molecule has 32 heavy (non-hydrogen) atoms. The molecule has 2 aromatic rings. The van der Waals surface area contributed by atoms with E-state index in [-0.39, 0.29) is 17.2 Å². The number of benzene rings is 1. The molecule has 2 heterocycles. The molecule has 2 aliphatic rings. The van der Waals surface area contributed by atoms with Crippen LogP contribution in [0, 0.1) is 17.3 Å². The highest BCUT2D eigenvalue weighted by molar-refractivity contribution is 5.91. The first-order valence-electron chi connectivity index (χ1n) is 12.0. The molecule has 1 aromatic heterocycles. The minimum Gasteiger partial charge on any atom is -0.461 e. The van der Waals surface area contributed by atoms with Gasteiger partial charge in [0.1, 0.15) is 11.5 Å². The summed E-state index contributed by atoms with van der Waals surface area (Å²) < 4.78 is 6.12. The van der Waals surface area contributed by atoms with Crippen LogP contribution in [0.15, 0.2) is 34.7 Å². The largest absolute Gasteiger partial charge is 0.461 e. The maximum atomic E-state index is 12.6. The van der Waals surface area contributed by atoms with Gasteiger partial charge in [0, 0.05) is 48.7 Å². The standard InChI is InChI=1S/C27H36N2O3/c1-18(16-27(2,3)4)14-25(30)28-22-10-8-19(9-11-22)24-15-21-17-29(13-12-23(21)32-24)26(31)20-6-5-7-20/h8-11,15,18,20H,5-7,12-14,16-17H2,1-4H3,(H,28,30). The average Bonchev–Trinajstić information content (AvgIpc) is 3.08. The smallest absolute Gasteiger partial charge is 0.225 e. The Morgan fingerprint density at radius 1 is 1.19 bits per heavy atom. The van der Waals surface area contributed by atoms with Crippen molar-refractivity contribution in [3.8, 4) is 11.3 Å². The van der Waals surface area contributed by atoms with Gasteiger partial charge in [0.25, 0.3) is 0 Å².